The van der Waals surface area contributed by atoms with Crippen LogP contribution in [0.5, 0.6) is 11.5 Å². The van der Waals surface area contributed by atoms with E-state index in [9.17, 15) is 24.3 Å². The van der Waals surface area contributed by atoms with Gasteiger partial charge in [0.05, 0.1) is 23.5 Å². The van der Waals surface area contributed by atoms with Gasteiger partial charge in [0.2, 0.25) is 0 Å². The third kappa shape index (κ3) is 3.14. The molecular weight excluding hydrogens is 452 g/mol. The van der Waals surface area contributed by atoms with Crippen molar-refractivity contribution in [1.82, 2.24) is 0 Å². The van der Waals surface area contributed by atoms with Crippen molar-refractivity contribution in [2.75, 3.05) is 0 Å². The Morgan fingerprint density at radius 3 is 2.67 bits per heavy atom. The quantitative estimate of drug-likeness (QED) is 0.201. The van der Waals surface area contributed by atoms with Gasteiger partial charge in [-0.3, -0.25) is 14.4 Å². The summed E-state index contributed by atoms with van der Waals surface area (Å²) < 4.78 is 16.4. The predicted octanol–water partition coefficient (Wildman–Crippen LogP) is 4.21. The van der Waals surface area contributed by atoms with Crippen LogP contribution < -0.4 is 15.8 Å². The molecule has 3 heterocycles. The van der Waals surface area contributed by atoms with Gasteiger partial charge in [-0.05, 0) is 37.6 Å². The number of esters is 1. The van der Waals surface area contributed by atoms with Crippen LogP contribution in [-0.4, -0.2) is 16.9 Å². The van der Waals surface area contributed by atoms with Crippen LogP contribution >= 0.6 is 11.6 Å². The molecule has 1 atom stereocenters. The second-order valence-electron chi connectivity index (χ2n) is 7.87. The van der Waals surface area contributed by atoms with Crippen LogP contribution in [0.2, 0.25) is 5.02 Å². The standard InChI is InChI=1S/C24H15ClO8/c1-9-5-16(27)32-23-18(9)22(30)19(10(2)26)24-20(23)12(7-17(28)33-24)14-8-31-15-4-3-11(25)6-13(15)21(14)29/h3-6,8,12,30H,7H2,1-2H3/t12-/m0/s1. The van der Waals surface area contributed by atoms with Crippen molar-refractivity contribution < 1.29 is 28.3 Å². The van der Waals surface area contributed by atoms with Crippen molar-refractivity contribution >= 4 is 45.3 Å². The zero-order valence-electron chi connectivity index (χ0n) is 17.4. The zero-order chi connectivity index (χ0) is 23.6. The van der Waals surface area contributed by atoms with Crippen LogP contribution in [0, 0.1) is 6.92 Å². The van der Waals surface area contributed by atoms with E-state index in [1.165, 1.54) is 25.3 Å². The molecule has 0 bridgehead atoms. The van der Waals surface area contributed by atoms with E-state index in [1.807, 2.05) is 0 Å². The molecule has 0 spiro atoms. The minimum Gasteiger partial charge on any atom is -0.506 e. The summed E-state index contributed by atoms with van der Waals surface area (Å²) in [7, 11) is 0. The lowest BCUT2D eigenvalue weighted by atomic mass is 9.83. The number of aromatic hydroxyl groups is 1. The highest BCUT2D eigenvalue weighted by Gasteiger charge is 2.38. The van der Waals surface area contributed by atoms with Crippen molar-refractivity contribution in [3.05, 3.63) is 78.4 Å². The first-order valence-corrected chi connectivity index (χ1v) is 10.3. The summed E-state index contributed by atoms with van der Waals surface area (Å²) in [5.74, 6) is -2.97. The fourth-order valence-corrected chi connectivity index (χ4v) is 4.53. The van der Waals surface area contributed by atoms with Gasteiger partial charge in [-0.1, -0.05) is 11.6 Å². The SMILES string of the molecule is CC(=O)c1c2c(c3oc(=O)cc(C)c3c1O)[C@H](c1coc3ccc(Cl)cc3c1=O)CC(=O)O2. The molecule has 33 heavy (non-hydrogen) atoms. The Morgan fingerprint density at radius 2 is 1.94 bits per heavy atom. The van der Waals surface area contributed by atoms with Gasteiger partial charge in [-0.25, -0.2) is 4.79 Å². The Kier molecular flexibility index (Phi) is 4.65. The number of carbonyl (C=O) groups is 2. The van der Waals surface area contributed by atoms with Crippen LogP contribution in [0.3, 0.4) is 0 Å². The molecule has 0 radical (unpaired) electrons. The summed E-state index contributed by atoms with van der Waals surface area (Å²) in [5.41, 5.74) is -0.557. The number of phenols is 1. The van der Waals surface area contributed by atoms with E-state index >= 15 is 0 Å². The highest BCUT2D eigenvalue weighted by atomic mass is 35.5. The van der Waals surface area contributed by atoms with E-state index in [4.69, 9.17) is 25.2 Å². The number of rotatable bonds is 2. The maximum atomic E-state index is 13.4. The smallest absolute Gasteiger partial charge is 0.336 e. The summed E-state index contributed by atoms with van der Waals surface area (Å²) in [6, 6.07) is 5.76. The molecule has 0 saturated heterocycles. The molecule has 0 amide bonds. The van der Waals surface area contributed by atoms with Crippen LogP contribution in [0.15, 0.2) is 49.0 Å². The van der Waals surface area contributed by atoms with E-state index in [2.05, 4.69) is 0 Å². The molecule has 0 unspecified atom stereocenters. The summed E-state index contributed by atoms with van der Waals surface area (Å²) in [6.07, 6.45) is 0.949. The topological polar surface area (TPSA) is 124 Å². The number of ether oxygens (including phenoxy) is 1. The lowest BCUT2D eigenvalue weighted by molar-refractivity contribution is -0.135. The Bertz CT molecular complexity index is 1640. The zero-order valence-corrected chi connectivity index (χ0v) is 18.1. The van der Waals surface area contributed by atoms with Gasteiger partial charge in [0.1, 0.15) is 22.5 Å². The third-order valence-corrected chi connectivity index (χ3v) is 6.01. The average Bonchev–Trinajstić information content (AvgIpc) is 2.73. The minimum atomic E-state index is -0.966. The number of carbonyl (C=O) groups excluding carboxylic acids is 2. The highest BCUT2D eigenvalue weighted by molar-refractivity contribution is 6.31. The number of benzene rings is 2. The van der Waals surface area contributed by atoms with Crippen molar-refractivity contribution in [3.8, 4) is 11.5 Å². The van der Waals surface area contributed by atoms with Crippen LogP contribution in [0.1, 0.15) is 46.3 Å². The van der Waals surface area contributed by atoms with E-state index in [0.717, 1.165) is 0 Å². The number of halogens is 1. The fourth-order valence-electron chi connectivity index (χ4n) is 4.36. The molecule has 2 aromatic carbocycles. The second-order valence-corrected chi connectivity index (χ2v) is 8.30. The van der Waals surface area contributed by atoms with Gasteiger partial charge in [0, 0.05) is 28.1 Å². The summed E-state index contributed by atoms with van der Waals surface area (Å²) in [5, 5.41) is 11.5. The number of hydrogen-bond acceptors (Lipinski definition) is 8. The Morgan fingerprint density at radius 1 is 1.18 bits per heavy atom. The van der Waals surface area contributed by atoms with Gasteiger partial charge < -0.3 is 18.7 Å². The molecule has 4 aromatic rings. The van der Waals surface area contributed by atoms with Gasteiger partial charge in [0.25, 0.3) is 0 Å². The number of hydrogen-bond donors (Lipinski definition) is 1. The van der Waals surface area contributed by atoms with Crippen molar-refractivity contribution in [1.29, 1.82) is 0 Å². The van der Waals surface area contributed by atoms with Gasteiger partial charge in [-0.2, -0.15) is 0 Å². The van der Waals surface area contributed by atoms with Crippen LogP contribution in [0.25, 0.3) is 21.9 Å². The molecule has 1 aliphatic heterocycles. The molecule has 0 saturated carbocycles. The molecule has 1 N–H and O–H groups in total. The molecule has 2 aromatic heterocycles. The molecule has 9 heteroatoms. The molecule has 0 fully saturated rings. The van der Waals surface area contributed by atoms with Gasteiger partial charge >= 0.3 is 11.6 Å². The Labute approximate surface area is 190 Å². The van der Waals surface area contributed by atoms with E-state index in [0.29, 0.717) is 16.2 Å². The van der Waals surface area contributed by atoms with Crippen molar-refractivity contribution in [2.45, 2.75) is 26.2 Å². The van der Waals surface area contributed by atoms with Crippen molar-refractivity contribution in [2.24, 2.45) is 0 Å². The lowest BCUT2D eigenvalue weighted by Crippen LogP contribution is -2.26. The average molecular weight is 467 g/mol. The van der Waals surface area contributed by atoms with E-state index < -0.39 is 34.5 Å². The second kappa shape index (κ2) is 7.31. The number of Topliss-reactive ketones (excluding diaryl/α,β-unsaturated/α-hetero) is 1. The number of phenolic OH excluding ortho intramolecular Hbond substituents is 1. The maximum Gasteiger partial charge on any atom is 0.336 e. The summed E-state index contributed by atoms with van der Waals surface area (Å²) in [4.78, 5) is 50.5. The largest absolute Gasteiger partial charge is 0.506 e. The van der Waals surface area contributed by atoms with Gasteiger partial charge in [-0.15, -0.1) is 0 Å². The molecule has 5 rings (SSSR count). The third-order valence-electron chi connectivity index (χ3n) is 5.77. The highest BCUT2D eigenvalue weighted by Crippen LogP contribution is 2.49. The predicted molar refractivity (Wildman–Crippen MR) is 118 cm³/mol. The van der Waals surface area contributed by atoms with Crippen LogP contribution in [-0.2, 0) is 4.79 Å². The van der Waals surface area contributed by atoms with Crippen LogP contribution in [0.4, 0.5) is 0 Å². The summed E-state index contributed by atoms with van der Waals surface area (Å²) >= 11 is 6.05. The molecular formula is C24H15ClO8. The normalized spacial score (nSPS) is 15.5. The first kappa shape index (κ1) is 21.0. The Balaban J connectivity index is 1.94. The van der Waals surface area contributed by atoms with E-state index in [1.54, 1.807) is 19.1 Å². The Hall–Kier alpha value is -3.91. The number of aryl methyl sites for hydroxylation is 1. The minimum absolute atomic E-state index is 0.0689. The van der Waals surface area contributed by atoms with Gasteiger partial charge in [0.15, 0.2) is 17.0 Å². The number of ketones is 1. The molecule has 0 aliphatic carbocycles. The van der Waals surface area contributed by atoms with E-state index in [-0.39, 0.29) is 45.2 Å². The molecule has 1 aliphatic rings. The molecule has 8 nitrogen and oxygen atoms in total. The number of fused-ring (bicyclic) bond motifs is 4. The lowest BCUT2D eigenvalue weighted by Gasteiger charge is -2.27. The fraction of sp³-hybridized carbons (Fsp3) is 0.167. The first-order chi connectivity index (χ1) is 15.7. The first-order valence-electron chi connectivity index (χ1n) is 9.93. The maximum absolute atomic E-state index is 13.4. The summed E-state index contributed by atoms with van der Waals surface area (Å²) in [6.45, 7) is 2.78. The van der Waals surface area contributed by atoms with Crippen molar-refractivity contribution in [3.63, 3.8) is 0 Å². The monoisotopic (exact) mass is 466 g/mol. The molecule has 166 valence electrons.